The minimum absolute atomic E-state index is 0.240. The van der Waals surface area contributed by atoms with Crippen LogP contribution < -0.4 is 0 Å². The Morgan fingerprint density at radius 3 is 2.21 bits per heavy atom. The van der Waals surface area contributed by atoms with Crippen molar-refractivity contribution in [2.24, 2.45) is 11.8 Å². The van der Waals surface area contributed by atoms with Crippen LogP contribution >= 0.6 is 0 Å². The highest BCUT2D eigenvalue weighted by Crippen LogP contribution is 2.24. The van der Waals surface area contributed by atoms with Crippen molar-refractivity contribution in [3.8, 4) is 0 Å². The molecule has 0 fully saturated rings. The third kappa shape index (κ3) is 4.10. The van der Waals surface area contributed by atoms with Crippen molar-refractivity contribution in [2.75, 3.05) is 0 Å². The van der Waals surface area contributed by atoms with Crippen LogP contribution in [0.2, 0.25) is 0 Å². The van der Waals surface area contributed by atoms with Gasteiger partial charge in [0.1, 0.15) is 0 Å². The van der Waals surface area contributed by atoms with Crippen LogP contribution in [0.3, 0.4) is 0 Å². The normalized spacial score (nSPS) is 19.7. The molecule has 1 N–H and O–H groups in total. The molecule has 82 valence electrons. The highest BCUT2D eigenvalue weighted by atomic mass is 16.3. The van der Waals surface area contributed by atoms with Gasteiger partial charge in [-0.1, -0.05) is 39.0 Å². The monoisotopic (exact) mass is 196 g/mol. The zero-order valence-corrected chi connectivity index (χ0v) is 10.1. The van der Waals surface area contributed by atoms with E-state index in [9.17, 15) is 5.11 Å². The molecule has 14 heavy (non-hydrogen) atoms. The van der Waals surface area contributed by atoms with Crippen LogP contribution in [-0.2, 0) is 0 Å². The molecular formula is C13H24O. The van der Waals surface area contributed by atoms with Crippen molar-refractivity contribution >= 4 is 0 Å². The molecule has 3 unspecified atom stereocenters. The average Bonchev–Trinajstić information content (AvgIpc) is 2.15. The van der Waals surface area contributed by atoms with Gasteiger partial charge in [-0.25, -0.2) is 0 Å². The van der Waals surface area contributed by atoms with Gasteiger partial charge in [-0.2, -0.15) is 0 Å². The van der Waals surface area contributed by atoms with E-state index < -0.39 is 0 Å². The molecule has 0 rings (SSSR count). The smallest absolute Gasteiger partial charge is 0.0543 e. The van der Waals surface area contributed by atoms with Gasteiger partial charge in [0.15, 0.2) is 0 Å². The molecular weight excluding hydrogens is 172 g/mol. The van der Waals surface area contributed by atoms with E-state index in [1.54, 1.807) is 0 Å². The third-order valence-electron chi connectivity index (χ3n) is 2.87. The summed E-state index contributed by atoms with van der Waals surface area (Å²) < 4.78 is 0. The lowest BCUT2D eigenvalue weighted by Gasteiger charge is -2.23. The van der Waals surface area contributed by atoms with Gasteiger partial charge >= 0.3 is 0 Å². The minimum atomic E-state index is -0.240. The van der Waals surface area contributed by atoms with E-state index in [4.69, 9.17) is 0 Å². The lowest BCUT2D eigenvalue weighted by Crippen LogP contribution is -2.21. The summed E-state index contributed by atoms with van der Waals surface area (Å²) in [5, 5.41) is 9.53. The molecule has 0 radical (unpaired) electrons. The Balaban J connectivity index is 4.59. The predicted molar refractivity (Wildman–Crippen MR) is 63.2 cm³/mol. The summed E-state index contributed by atoms with van der Waals surface area (Å²) in [6.07, 6.45) is 7.26. The highest BCUT2D eigenvalue weighted by molar-refractivity contribution is 5.21. The molecule has 0 bridgehead atoms. The molecule has 0 saturated carbocycles. The first-order chi connectivity index (χ1) is 6.54. The first-order valence-corrected chi connectivity index (χ1v) is 5.55. The van der Waals surface area contributed by atoms with Crippen LogP contribution in [0.1, 0.15) is 41.0 Å². The third-order valence-corrected chi connectivity index (χ3v) is 2.87. The van der Waals surface area contributed by atoms with Gasteiger partial charge in [-0.05, 0) is 37.7 Å². The lowest BCUT2D eigenvalue weighted by molar-refractivity contribution is 0.114. The van der Waals surface area contributed by atoms with Crippen molar-refractivity contribution in [1.82, 2.24) is 0 Å². The second-order valence-corrected chi connectivity index (χ2v) is 4.00. The Morgan fingerprint density at radius 2 is 1.86 bits per heavy atom. The maximum Gasteiger partial charge on any atom is 0.0543 e. The Kier molecular flexibility index (Phi) is 6.56. The fourth-order valence-electron chi connectivity index (χ4n) is 1.56. The minimum Gasteiger partial charge on any atom is -0.393 e. The topological polar surface area (TPSA) is 20.2 Å². The second kappa shape index (κ2) is 6.83. The van der Waals surface area contributed by atoms with Crippen molar-refractivity contribution in [1.29, 1.82) is 0 Å². The lowest BCUT2D eigenvalue weighted by atomic mass is 9.85. The summed E-state index contributed by atoms with van der Waals surface area (Å²) in [7, 11) is 0. The molecule has 1 heteroatoms. The molecule has 3 atom stereocenters. The molecule has 0 saturated heterocycles. The van der Waals surface area contributed by atoms with Crippen LogP contribution in [0.4, 0.5) is 0 Å². The van der Waals surface area contributed by atoms with E-state index in [0.29, 0.717) is 11.8 Å². The zero-order chi connectivity index (χ0) is 11.1. The summed E-state index contributed by atoms with van der Waals surface area (Å²) in [4.78, 5) is 0. The Labute approximate surface area is 88.5 Å². The molecule has 0 aromatic carbocycles. The van der Waals surface area contributed by atoms with E-state index in [1.165, 1.54) is 5.57 Å². The van der Waals surface area contributed by atoms with E-state index in [0.717, 1.165) is 6.42 Å². The van der Waals surface area contributed by atoms with Gasteiger partial charge in [-0.15, -0.1) is 0 Å². The van der Waals surface area contributed by atoms with Crippen LogP contribution in [0.5, 0.6) is 0 Å². The maximum absolute atomic E-state index is 9.53. The van der Waals surface area contributed by atoms with E-state index >= 15 is 0 Å². The molecule has 0 amide bonds. The molecule has 0 aromatic heterocycles. The maximum atomic E-state index is 9.53. The van der Waals surface area contributed by atoms with Crippen LogP contribution in [0.25, 0.3) is 0 Å². The Hall–Kier alpha value is -0.560. The van der Waals surface area contributed by atoms with E-state index in [2.05, 4.69) is 39.0 Å². The summed E-state index contributed by atoms with van der Waals surface area (Å²) >= 11 is 0. The van der Waals surface area contributed by atoms with Gasteiger partial charge in [0.25, 0.3) is 0 Å². The van der Waals surface area contributed by atoms with Crippen molar-refractivity contribution < 1.29 is 5.11 Å². The quantitative estimate of drug-likeness (QED) is 0.667. The summed E-state index contributed by atoms with van der Waals surface area (Å²) in [6.45, 7) is 10.3. The Morgan fingerprint density at radius 1 is 1.29 bits per heavy atom. The summed E-state index contributed by atoms with van der Waals surface area (Å²) in [5.41, 5.74) is 1.34. The van der Waals surface area contributed by atoms with Gasteiger partial charge in [0.05, 0.1) is 6.10 Å². The molecule has 0 heterocycles. The van der Waals surface area contributed by atoms with Gasteiger partial charge in [0.2, 0.25) is 0 Å². The fraction of sp³-hybridized carbons (Fsp3) is 0.692. The van der Waals surface area contributed by atoms with Gasteiger partial charge < -0.3 is 5.11 Å². The SMILES string of the molecule is CC=CC(=CCC)C(C)C(C)C(C)O. The number of hydrogen-bond acceptors (Lipinski definition) is 1. The molecule has 0 aliphatic carbocycles. The molecule has 0 aliphatic heterocycles. The van der Waals surface area contributed by atoms with Crippen LogP contribution in [0.15, 0.2) is 23.8 Å². The summed E-state index contributed by atoms with van der Waals surface area (Å²) in [5.74, 6) is 0.732. The first kappa shape index (κ1) is 13.4. The Bertz CT molecular complexity index is 201. The highest BCUT2D eigenvalue weighted by Gasteiger charge is 2.18. The summed E-state index contributed by atoms with van der Waals surface area (Å²) in [6, 6.07) is 0. The second-order valence-electron chi connectivity index (χ2n) is 4.00. The number of hydrogen-bond donors (Lipinski definition) is 1. The fourth-order valence-corrected chi connectivity index (χ4v) is 1.56. The van der Waals surface area contributed by atoms with Gasteiger partial charge in [-0.3, -0.25) is 0 Å². The van der Waals surface area contributed by atoms with E-state index in [-0.39, 0.29) is 6.10 Å². The van der Waals surface area contributed by atoms with Crippen LogP contribution in [0, 0.1) is 11.8 Å². The van der Waals surface area contributed by atoms with Crippen molar-refractivity contribution in [3.63, 3.8) is 0 Å². The van der Waals surface area contributed by atoms with Crippen molar-refractivity contribution in [2.45, 2.75) is 47.1 Å². The zero-order valence-electron chi connectivity index (χ0n) is 10.1. The predicted octanol–water partition coefficient (Wildman–Crippen LogP) is 3.55. The average molecular weight is 196 g/mol. The number of aliphatic hydroxyl groups excluding tert-OH is 1. The molecule has 0 spiro atoms. The number of allylic oxidation sites excluding steroid dienone is 4. The molecule has 0 aromatic rings. The molecule has 0 aliphatic rings. The van der Waals surface area contributed by atoms with Gasteiger partial charge in [0, 0.05) is 0 Å². The number of aliphatic hydroxyl groups is 1. The largest absolute Gasteiger partial charge is 0.393 e. The standard InChI is InChI=1S/C13H24O/c1-6-8-13(9-7-2)11(4)10(3)12(5)14/h6,8-12,14H,7H2,1-5H3. The van der Waals surface area contributed by atoms with Crippen LogP contribution in [-0.4, -0.2) is 11.2 Å². The number of rotatable bonds is 5. The van der Waals surface area contributed by atoms with E-state index in [1.807, 2.05) is 13.8 Å². The van der Waals surface area contributed by atoms with Crippen molar-refractivity contribution in [3.05, 3.63) is 23.8 Å². The molecule has 1 nitrogen and oxygen atoms in total. The first-order valence-electron chi connectivity index (χ1n) is 5.55.